The zero-order valence-electron chi connectivity index (χ0n) is 17.0. The summed E-state index contributed by atoms with van der Waals surface area (Å²) in [5.74, 6) is 1.70. The molecule has 31 heavy (non-hydrogen) atoms. The molecule has 0 saturated carbocycles. The number of rotatable bonds is 4. The van der Waals surface area contributed by atoms with Crippen molar-refractivity contribution in [2.45, 2.75) is 36.0 Å². The van der Waals surface area contributed by atoms with Gasteiger partial charge in [-0.25, -0.2) is 0 Å². The summed E-state index contributed by atoms with van der Waals surface area (Å²) in [5.41, 5.74) is 1.77. The van der Waals surface area contributed by atoms with Crippen LogP contribution in [-0.4, -0.2) is 24.9 Å². The van der Waals surface area contributed by atoms with Crippen LogP contribution in [0.3, 0.4) is 0 Å². The Balaban J connectivity index is 1.49. The van der Waals surface area contributed by atoms with E-state index >= 15 is 0 Å². The van der Waals surface area contributed by atoms with Gasteiger partial charge in [0.1, 0.15) is 19.0 Å². The molecule has 1 aromatic heterocycles. The van der Waals surface area contributed by atoms with Crippen molar-refractivity contribution in [3.8, 4) is 11.5 Å². The molecule has 0 fully saturated rings. The van der Waals surface area contributed by atoms with Crippen molar-refractivity contribution in [2.24, 2.45) is 0 Å². The number of anilines is 1. The second kappa shape index (κ2) is 8.15. The molecule has 6 nitrogen and oxygen atoms in total. The van der Waals surface area contributed by atoms with Crippen molar-refractivity contribution in [2.75, 3.05) is 18.5 Å². The molecule has 1 aliphatic carbocycles. The van der Waals surface area contributed by atoms with Crippen molar-refractivity contribution in [3.05, 3.63) is 65.1 Å². The number of hydrogen-bond donors (Lipinski definition) is 1. The number of nitrogens with one attached hydrogen (secondary N) is 1. The zero-order chi connectivity index (χ0) is 21.4. The average Bonchev–Trinajstić information content (AvgIpc) is 3.12. The van der Waals surface area contributed by atoms with Gasteiger partial charge in [0.25, 0.3) is 5.91 Å². The molecule has 7 heteroatoms. The number of carbonyl (C=O) groups excluding carboxylic acids is 2. The number of hydrogen-bond acceptors (Lipinski definition) is 6. The number of carbonyl (C=O) groups is 2. The van der Waals surface area contributed by atoms with Crippen LogP contribution >= 0.6 is 11.8 Å². The first kappa shape index (κ1) is 19.8. The molecular weight excluding hydrogens is 414 g/mol. The summed E-state index contributed by atoms with van der Waals surface area (Å²) in [5, 5.41) is 2.96. The summed E-state index contributed by atoms with van der Waals surface area (Å²) < 4.78 is 17.2. The molecule has 1 aliphatic heterocycles. The van der Waals surface area contributed by atoms with Crippen molar-refractivity contribution < 1.29 is 23.5 Å². The van der Waals surface area contributed by atoms with Crippen molar-refractivity contribution in [1.29, 1.82) is 0 Å². The smallest absolute Gasteiger partial charge is 0.291 e. The summed E-state index contributed by atoms with van der Waals surface area (Å²) in [4.78, 5) is 27.3. The number of aryl methyl sites for hydroxylation is 1. The normalized spacial score (nSPS) is 14.8. The summed E-state index contributed by atoms with van der Waals surface area (Å²) >= 11 is 1.52. The van der Waals surface area contributed by atoms with Gasteiger partial charge < -0.3 is 19.2 Å². The van der Waals surface area contributed by atoms with E-state index in [2.05, 4.69) is 5.32 Å². The van der Waals surface area contributed by atoms with Gasteiger partial charge >= 0.3 is 0 Å². The van der Waals surface area contributed by atoms with Gasteiger partial charge in [0, 0.05) is 40.3 Å². The van der Waals surface area contributed by atoms with Crippen LogP contribution in [0.5, 0.6) is 11.5 Å². The van der Waals surface area contributed by atoms with Crippen LogP contribution in [-0.2, 0) is 6.42 Å². The van der Waals surface area contributed by atoms with Crippen LogP contribution < -0.4 is 14.8 Å². The zero-order valence-corrected chi connectivity index (χ0v) is 17.8. The Morgan fingerprint density at radius 1 is 1.03 bits per heavy atom. The molecule has 0 unspecified atom stereocenters. The first-order chi connectivity index (χ1) is 15.1. The molecule has 0 spiro atoms. The molecule has 2 aliphatic rings. The third-order valence-corrected chi connectivity index (χ3v) is 6.44. The van der Waals surface area contributed by atoms with Gasteiger partial charge in [-0.1, -0.05) is 30.0 Å². The van der Waals surface area contributed by atoms with Crippen molar-refractivity contribution in [1.82, 2.24) is 0 Å². The first-order valence-electron chi connectivity index (χ1n) is 10.2. The van der Waals surface area contributed by atoms with E-state index in [1.165, 1.54) is 11.8 Å². The van der Waals surface area contributed by atoms with Crippen LogP contribution in [0.2, 0.25) is 0 Å². The number of furan rings is 1. The highest BCUT2D eigenvalue weighted by Gasteiger charge is 2.29. The lowest BCUT2D eigenvalue weighted by Gasteiger charge is -2.21. The predicted octanol–water partition coefficient (Wildman–Crippen LogP) is 5.28. The maximum atomic E-state index is 13.1. The van der Waals surface area contributed by atoms with Gasteiger partial charge in [-0.2, -0.15) is 0 Å². The molecule has 1 N–H and O–H groups in total. The summed E-state index contributed by atoms with van der Waals surface area (Å²) in [7, 11) is 0. The molecule has 2 heterocycles. The molecule has 0 atom stereocenters. The fourth-order valence-corrected chi connectivity index (χ4v) is 4.85. The fraction of sp³-hybridized carbons (Fsp3) is 0.250. The number of benzene rings is 2. The standard InChI is InChI=1S/C24H21NO5S/c1-14-22-17(26)8-5-9-18(22)30-23(14)24(27)25-16-12-19-20(29-11-10-28-19)13-21(16)31-15-6-3-2-4-7-15/h2-4,6-7,12-13H,5,8-11H2,1H3,(H,25,27). The maximum Gasteiger partial charge on any atom is 0.291 e. The lowest BCUT2D eigenvalue weighted by molar-refractivity contribution is 0.0963. The minimum Gasteiger partial charge on any atom is -0.486 e. The Kier molecular flexibility index (Phi) is 5.19. The van der Waals surface area contributed by atoms with Crippen molar-refractivity contribution >= 4 is 29.1 Å². The van der Waals surface area contributed by atoms with Gasteiger partial charge in [-0.3, -0.25) is 9.59 Å². The number of ether oxygens (including phenoxy) is 2. The molecule has 0 radical (unpaired) electrons. The van der Waals surface area contributed by atoms with Gasteiger partial charge in [-0.05, 0) is 25.5 Å². The Bertz CT molecular complexity index is 1170. The second-order valence-corrected chi connectivity index (χ2v) is 8.61. The second-order valence-electron chi connectivity index (χ2n) is 7.49. The van der Waals surface area contributed by atoms with E-state index in [-0.39, 0.29) is 17.5 Å². The highest BCUT2D eigenvalue weighted by molar-refractivity contribution is 7.99. The molecular formula is C24H21NO5S. The van der Waals surface area contributed by atoms with E-state index in [0.29, 0.717) is 60.1 Å². The highest BCUT2D eigenvalue weighted by Crippen LogP contribution is 2.42. The van der Waals surface area contributed by atoms with E-state index in [1.807, 2.05) is 36.4 Å². The molecule has 2 aromatic carbocycles. The molecule has 3 aromatic rings. The fourth-order valence-electron chi connectivity index (χ4n) is 3.91. The quantitative estimate of drug-likeness (QED) is 0.601. The third kappa shape index (κ3) is 3.81. The van der Waals surface area contributed by atoms with E-state index in [0.717, 1.165) is 16.2 Å². The maximum absolute atomic E-state index is 13.1. The van der Waals surface area contributed by atoms with Crippen LogP contribution in [0.25, 0.3) is 0 Å². The van der Waals surface area contributed by atoms with E-state index in [4.69, 9.17) is 13.9 Å². The SMILES string of the molecule is Cc1c(C(=O)Nc2cc3c(cc2Sc2ccccc2)OCCO3)oc2c1C(=O)CCC2. The summed E-state index contributed by atoms with van der Waals surface area (Å²) in [6, 6.07) is 13.6. The van der Waals surface area contributed by atoms with Gasteiger partial charge in [-0.15, -0.1) is 0 Å². The van der Waals surface area contributed by atoms with E-state index in [1.54, 1.807) is 13.0 Å². The first-order valence-corrected chi connectivity index (χ1v) is 11.0. The minimum absolute atomic E-state index is 0.0428. The monoisotopic (exact) mass is 435 g/mol. The Morgan fingerprint density at radius 3 is 2.52 bits per heavy atom. The van der Waals surface area contributed by atoms with Gasteiger partial charge in [0.05, 0.1) is 11.3 Å². The molecule has 1 amide bonds. The Hall–Kier alpha value is -3.19. The number of ketones is 1. The van der Waals surface area contributed by atoms with Gasteiger partial charge in [0.2, 0.25) is 0 Å². The molecule has 0 saturated heterocycles. The van der Waals surface area contributed by atoms with Gasteiger partial charge in [0.15, 0.2) is 23.0 Å². The van der Waals surface area contributed by atoms with E-state index in [9.17, 15) is 9.59 Å². The Labute approximate surface area is 183 Å². The molecule has 158 valence electrons. The van der Waals surface area contributed by atoms with Crippen LogP contribution in [0, 0.1) is 6.92 Å². The van der Waals surface area contributed by atoms with Crippen LogP contribution in [0.4, 0.5) is 5.69 Å². The summed E-state index contributed by atoms with van der Waals surface area (Å²) in [6.07, 6.45) is 1.92. The largest absolute Gasteiger partial charge is 0.486 e. The molecule has 5 rings (SSSR count). The average molecular weight is 436 g/mol. The Morgan fingerprint density at radius 2 is 1.77 bits per heavy atom. The minimum atomic E-state index is -0.383. The highest BCUT2D eigenvalue weighted by atomic mass is 32.2. The number of fused-ring (bicyclic) bond motifs is 2. The topological polar surface area (TPSA) is 77.8 Å². The van der Waals surface area contributed by atoms with Crippen LogP contribution in [0.15, 0.2) is 56.7 Å². The predicted molar refractivity (Wildman–Crippen MR) is 117 cm³/mol. The third-order valence-electron chi connectivity index (χ3n) is 5.38. The molecule has 0 bridgehead atoms. The van der Waals surface area contributed by atoms with E-state index < -0.39 is 0 Å². The number of Topliss-reactive ketones (excluding diaryl/α,β-unsaturated/α-hetero) is 1. The lowest BCUT2D eigenvalue weighted by atomic mass is 9.94. The van der Waals surface area contributed by atoms with Crippen LogP contribution in [0.1, 0.15) is 45.1 Å². The van der Waals surface area contributed by atoms with Crippen molar-refractivity contribution in [3.63, 3.8) is 0 Å². The lowest BCUT2D eigenvalue weighted by Crippen LogP contribution is -2.17. The number of amides is 1. The summed E-state index contributed by atoms with van der Waals surface area (Å²) in [6.45, 7) is 2.71.